The van der Waals surface area contributed by atoms with Gasteiger partial charge in [-0.05, 0) is 18.2 Å². The molecule has 0 aliphatic carbocycles. The number of hydrogen-bond acceptors (Lipinski definition) is 4. The summed E-state index contributed by atoms with van der Waals surface area (Å²) >= 11 is 6.08. The topological polar surface area (TPSA) is 52.0 Å². The third-order valence-electron chi connectivity index (χ3n) is 3.36. The van der Waals surface area contributed by atoms with Crippen molar-refractivity contribution in [2.24, 2.45) is 0 Å². The average molecular weight is 273 g/mol. The van der Waals surface area contributed by atoms with E-state index in [2.05, 4.69) is 21.3 Å². The van der Waals surface area contributed by atoms with Crippen LogP contribution in [-0.4, -0.2) is 31.2 Å². The van der Waals surface area contributed by atoms with Crippen molar-refractivity contribution in [1.29, 1.82) is 5.26 Å². The molecule has 0 saturated carbocycles. The number of halogens is 1. The fraction of sp³-hybridized carbons (Fsp3) is 0.286. The molecule has 1 N–H and O–H groups in total. The third-order valence-corrected chi connectivity index (χ3v) is 3.59. The molecular weight excluding hydrogens is 260 g/mol. The standard InChI is InChI=1S/C14H13ClN4/c15-11-1-2-13-12(7-11)14(10(8-16)9-18-13)19-5-3-17-4-6-19/h1-2,7,9,17H,3-6H2. The molecule has 1 aliphatic heterocycles. The summed E-state index contributed by atoms with van der Waals surface area (Å²) in [7, 11) is 0. The van der Waals surface area contributed by atoms with Crippen LogP contribution in [0.2, 0.25) is 5.02 Å². The lowest BCUT2D eigenvalue weighted by Gasteiger charge is -2.31. The number of anilines is 1. The molecule has 4 nitrogen and oxygen atoms in total. The summed E-state index contributed by atoms with van der Waals surface area (Å²) in [5.41, 5.74) is 2.44. The second kappa shape index (κ2) is 5.04. The number of piperazine rings is 1. The van der Waals surface area contributed by atoms with E-state index in [1.165, 1.54) is 0 Å². The van der Waals surface area contributed by atoms with Gasteiger partial charge in [-0.2, -0.15) is 5.26 Å². The summed E-state index contributed by atoms with van der Waals surface area (Å²) < 4.78 is 0. The Morgan fingerprint density at radius 3 is 2.84 bits per heavy atom. The van der Waals surface area contributed by atoms with E-state index in [1.54, 1.807) is 6.20 Å². The molecule has 96 valence electrons. The molecule has 1 aromatic heterocycles. The van der Waals surface area contributed by atoms with E-state index in [0.29, 0.717) is 10.6 Å². The van der Waals surface area contributed by atoms with Crippen LogP contribution in [0.3, 0.4) is 0 Å². The number of nitriles is 1. The SMILES string of the molecule is N#Cc1cnc2ccc(Cl)cc2c1N1CCNCC1. The summed E-state index contributed by atoms with van der Waals surface area (Å²) in [4.78, 5) is 6.56. The highest BCUT2D eigenvalue weighted by molar-refractivity contribution is 6.31. The first-order valence-corrected chi connectivity index (χ1v) is 6.61. The van der Waals surface area contributed by atoms with Gasteiger partial charge in [0.25, 0.3) is 0 Å². The van der Waals surface area contributed by atoms with Crippen LogP contribution in [0.1, 0.15) is 5.56 Å². The number of rotatable bonds is 1. The molecule has 1 aliphatic rings. The smallest absolute Gasteiger partial charge is 0.103 e. The third kappa shape index (κ3) is 2.23. The van der Waals surface area contributed by atoms with Crippen LogP contribution < -0.4 is 10.2 Å². The van der Waals surface area contributed by atoms with E-state index in [9.17, 15) is 5.26 Å². The van der Waals surface area contributed by atoms with Gasteiger partial charge in [0.2, 0.25) is 0 Å². The monoisotopic (exact) mass is 272 g/mol. The van der Waals surface area contributed by atoms with Gasteiger partial charge < -0.3 is 10.2 Å². The van der Waals surface area contributed by atoms with E-state index in [0.717, 1.165) is 42.8 Å². The summed E-state index contributed by atoms with van der Waals surface area (Å²) in [5, 5.41) is 14.2. The van der Waals surface area contributed by atoms with Crippen LogP contribution in [0.5, 0.6) is 0 Å². The Kier molecular flexibility index (Phi) is 3.24. The fourth-order valence-corrected chi connectivity index (χ4v) is 2.63. The van der Waals surface area contributed by atoms with Gasteiger partial charge in [0.1, 0.15) is 6.07 Å². The number of fused-ring (bicyclic) bond motifs is 1. The summed E-state index contributed by atoms with van der Waals surface area (Å²) in [6.07, 6.45) is 1.65. The summed E-state index contributed by atoms with van der Waals surface area (Å²) in [6.45, 7) is 3.63. The Morgan fingerprint density at radius 2 is 2.11 bits per heavy atom. The molecule has 19 heavy (non-hydrogen) atoms. The number of hydrogen-bond donors (Lipinski definition) is 1. The molecule has 5 heteroatoms. The van der Waals surface area contributed by atoms with Crippen molar-refractivity contribution in [1.82, 2.24) is 10.3 Å². The molecule has 1 aromatic carbocycles. The van der Waals surface area contributed by atoms with E-state index in [1.807, 2.05) is 18.2 Å². The Morgan fingerprint density at radius 1 is 1.32 bits per heavy atom. The maximum atomic E-state index is 9.31. The first-order valence-electron chi connectivity index (χ1n) is 6.23. The van der Waals surface area contributed by atoms with Gasteiger partial charge in [0.15, 0.2) is 0 Å². The second-order valence-corrected chi connectivity index (χ2v) is 4.97. The van der Waals surface area contributed by atoms with E-state index in [-0.39, 0.29) is 0 Å². The molecule has 0 spiro atoms. The highest BCUT2D eigenvalue weighted by Gasteiger charge is 2.18. The lowest BCUT2D eigenvalue weighted by Crippen LogP contribution is -2.43. The Hall–Kier alpha value is -1.83. The van der Waals surface area contributed by atoms with Gasteiger partial charge in [-0.25, -0.2) is 0 Å². The van der Waals surface area contributed by atoms with Crippen molar-refractivity contribution in [3.63, 3.8) is 0 Å². The number of benzene rings is 1. The Balaban J connectivity index is 2.23. The minimum Gasteiger partial charge on any atom is -0.367 e. The Labute approximate surface area is 116 Å². The van der Waals surface area contributed by atoms with E-state index in [4.69, 9.17) is 11.6 Å². The molecule has 0 amide bonds. The highest BCUT2D eigenvalue weighted by Crippen LogP contribution is 2.31. The molecule has 0 unspecified atom stereocenters. The van der Waals surface area contributed by atoms with Gasteiger partial charge >= 0.3 is 0 Å². The maximum absolute atomic E-state index is 9.31. The number of nitrogens with one attached hydrogen (secondary N) is 1. The van der Waals surface area contributed by atoms with Gasteiger partial charge in [-0.15, -0.1) is 0 Å². The minimum absolute atomic E-state index is 0.608. The normalized spacial score (nSPS) is 15.5. The van der Waals surface area contributed by atoms with Crippen molar-refractivity contribution < 1.29 is 0 Å². The van der Waals surface area contributed by atoms with Crippen molar-refractivity contribution in [2.45, 2.75) is 0 Å². The van der Waals surface area contributed by atoms with Gasteiger partial charge in [-0.1, -0.05) is 11.6 Å². The molecule has 0 atom stereocenters. The van der Waals surface area contributed by atoms with E-state index < -0.39 is 0 Å². The summed E-state index contributed by atoms with van der Waals surface area (Å²) in [6, 6.07) is 7.85. The van der Waals surface area contributed by atoms with Crippen LogP contribution in [-0.2, 0) is 0 Å². The fourth-order valence-electron chi connectivity index (χ4n) is 2.46. The molecule has 1 fully saturated rings. The van der Waals surface area contributed by atoms with Crippen LogP contribution in [0.4, 0.5) is 5.69 Å². The number of pyridine rings is 1. The molecule has 2 aromatic rings. The first-order chi connectivity index (χ1) is 9.29. The predicted molar refractivity (Wildman–Crippen MR) is 76.6 cm³/mol. The zero-order valence-electron chi connectivity index (χ0n) is 10.4. The summed E-state index contributed by atoms with van der Waals surface area (Å²) in [5.74, 6) is 0. The van der Waals surface area contributed by atoms with E-state index >= 15 is 0 Å². The Bertz CT molecular complexity index is 656. The van der Waals surface area contributed by atoms with Gasteiger partial charge in [-0.3, -0.25) is 4.98 Å². The lowest BCUT2D eigenvalue weighted by atomic mass is 10.1. The molecule has 0 bridgehead atoms. The molecular formula is C14H13ClN4. The zero-order valence-corrected chi connectivity index (χ0v) is 11.1. The van der Waals surface area contributed by atoms with Crippen LogP contribution >= 0.6 is 11.6 Å². The molecule has 2 heterocycles. The lowest BCUT2D eigenvalue weighted by molar-refractivity contribution is 0.590. The van der Waals surface area contributed by atoms with Crippen LogP contribution in [0, 0.1) is 11.3 Å². The zero-order chi connectivity index (χ0) is 13.2. The largest absolute Gasteiger partial charge is 0.367 e. The predicted octanol–water partition coefficient (Wildman–Crippen LogP) is 2.17. The minimum atomic E-state index is 0.608. The van der Waals surface area contributed by atoms with Crippen molar-refractivity contribution >= 4 is 28.2 Å². The second-order valence-electron chi connectivity index (χ2n) is 4.53. The molecule has 3 rings (SSSR count). The number of aromatic nitrogens is 1. The quantitative estimate of drug-likeness (QED) is 0.864. The van der Waals surface area contributed by atoms with Crippen molar-refractivity contribution in [3.8, 4) is 6.07 Å². The van der Waals surface area contributed by atoms with Gasteiger partial charge in [0.05, 0.1) is 16.8 Å². The number of nitrogens with zero attached hydrogens (tertiary/aromatic N) is 3. The van der Waals surface area contributed by atoms with Crippen LogP contribution in [0.25, 0.3) is 10.9 Å². The van der Waals surface area contributed by atoms with Crippen LogP contribution in [0.15, 0.2) is 24.4 Å². The average Bonchev–Trinajstić information content (AvgIpc) is 2.46. The molecule has 0 radical (unpaired) electrons. The first kappa shape index (κ1) is 12.2. The molecule has 1 saturated heterocycles. The maximum Gasteiger partial charge on any atom is 0.103 e. The van der Waals surface area contributed by atoms with Gasteiger partial charge in [0, 0.05) is 42.8 Å². The van der Waals surface area contributed by atoms with Crippen molar-refractivity contribution in [3.05, 3.63) is 35.0 Å². The van der Waals surface area contributed by atoms with Crippen molar-refractivity contribution in [2.75, 3.05) is 31.1 Å². The highest BCUT2D eigenvalue weighted by atomic mass is 35.5.